The summed E-state index contributed by atoms with van der Waals surface area (Å²) in [5.74, 6) is 1.91. The topological polar surface area (TPSA) is 35.6 Å². The van der Waals surface area contributed by atoms with Crippen molar-refractivity contribution in [2.75, 3.05) is 19.6 Å². The van der Waals surface area contributed by atoms with Crippen molar-refractivity contribution in [2.24, 2.45) is 11.8 Å². The number of piperidine rings is 3. The molecule has 1 saturated carbocycles. The van der Waals surface area contributed by atoms with Crippen LogP contribution >= 0.6 is 0 Å². The van der Waals surface area contributed by atoms with Gasteiger partial charge in [-0.3, -0.25) is 14.6 Å². The van der Waals surface area contributed by atoms with Crippen molar-refractivity contribution >= 4 is 5.91 Å². The quantitative estimate of drug-likeness (QED) is 0.763. The Morgan fingerprint density at radius 2 is 1.83 bits per heavy atom. The van der Waals surface area contributed by atoms with E-state index in [2.05, 4.69) is 45.4 Å². The molecular formula is C25H37N3O. The van der Waals surface area contributed by atoms with Crippen LogP contribution in [0.2, 0.25) is 0 Å². The minimum atomic E-state index is 0.277. The zero-order valence-electron chi connectivity index (χ0n) is 17.8. The average Bonchev–Trinajstić information content (AvgIpc) is 3.55. The maximum atomic E-state index is 12.2. The van der Waals surface area contributed by atoms with Crippen LogP contribution in [-0.4, -0.2) is 53.5 Å². The highest BCUT2D eigenvalue weighted by molar-refractivity contribution is 5.76. The Bertz CT molecular complexity index is 687. The summed E-state index contributed by atoms with van der Waals surface area (Å²) in [5, 5.41) is 3.17. The maximum absolute atomic E-state index is 12.2. The van der Waals surface area contributed by atoms with Gasteiger partial charge in [-0.15, -0.1) is 0 Å². The summed E-state index contributed by atoms with van der Waals surface area (Å²) in [5.41, 5.74) is 1.44. The molecule has 29 heavy (non-hydrogen) atoms. The van der Waals surface area contributed by atoms with Crippen LogP contribution < -0.4 is 5.32 Å². The molecule has 0 spiro atoms. The van der Waals surface area contributed by atoms with Crippen LogP contribution in [-0.2, 0) is 11.3 Å². The monoisotopic (exact) mass is 395 g/mol. The van der Waals surface area contributed by atoms with Gasteiger partial charge in [0.1, 0.15) is 0 Å². The molecule has 4 atom stereocenters. The molecule has 4 heteroatoms. The normalized spacial score (nSPS) is 32.6. The highest BCUT2D eigenvalue weighted by atomic mass is 16.1. The largest absolute Gasteiger partial charge is 0.353 e. The van der Waals surface area contributed by atoms with E-state index in [9.17, 15) is 4.79 Å². The average molecular weight is 396 g/mol. The lowest BCUT2D eigenvalue weighted by Crippen LogP contribution is -2.64. The predicted molar refractivity (Wildman–Crippen MR) is 116 cm³/mol. The third-order valence-corrected chi connectivity index (χ3v) is 7.85. The summed E-state index contributed by atoms with van der Waals surface area (Å²) >= 11 is 0. The number of hydrogen-bond donors (Lipinski definition) is 1. The van der Waals surface area contributed by atoms with Gasteiger partial charge in [0.25, 0.3) is 0 Å². The first kappa shape index (κ1) is 19.6. The Morgan fingerprint density at radius 1 is 1.03 bits per heavy atom. The number of carbonyl (C=O) groups is 1. The van der Waals surface area contributed by atoms with Crippen LogP contribution in [0.15, 0.2) is 30.3 Å². The number of hydrogen-bond acceptors (Lipinski definition) is 3. The number of nitrogens with zero attached hydrogens (tertiary/aromatic N) is 2. The molecule has 1 N–H and O–H groups in total. The van der Waals surface area contributed by atoms with Gasteiger partial charge in [-0.25, -0.2) is 0 Å². The van der Waals surface area contributed by atoms with Crippen LogP contribution in [0.25, 0.3) is 0 Å². The van der Waals surface area contributed by atoms with Crippen molar-refractivity contribution in [2.45, 2.75) is 82.5 Å². The molecule has 1 amide bonds. The van der Waals surface area contributed by atoms with Crippen molar-refractivity contribution in [3.63, 3.8) is 0 Å². The van der Waals surface area contributed by atoms with Gasteiger partial charge in [0.05, 0.1) is 0 Å². The molecule has 4 fully saturated rings. The molecule has 0 unspecified atom stereocenters. The first-order valence-electron chi connectivity index (χ1n) is 12.1. The lowest BCUT2D eigenvalue weighted by Gasteiger charge is -2.57. The van der Waals surface area contributed by atoms with E-state index in [0.717, 1.165) is 30.8 Å². The van der Waals surface area contributed by atoms with Crippen LogP contribution in [0.3, 0.4) is 0 Å². The maximum Gasteiger partial charge on any atom is 0.220 e. The highest BCUT2D eigenvalue weighted by Gasteiger charge is 2.48. The van der Waals surface area contributed by atoms with E-state index in [1.807, 2.05) is 0 Å². The van der Waals surface area contributed by atoms with Gasteiger partial charge < -0.3 is 5.32 Å². The molecule has 1 aromatic carbocycles. The minimum absolute atomic E-state index is 0.277. The van der Waals surface area contributed by atoms with Crippen LogP contribution in [0.4, 0.5) is 0 Å². The molecule has 3 heterocycles. The van der Waals surface area contributed by atoms with Crippen LogP contribution in [0.5, 0.6) is 0 Å². The third kappa shape index (κ3) is 4.54. The fourth-order valence-electron chi connectivity index (χ4n) is 6.48. The lowest BCUT2D eigenvalue weighted by atomic mass is 9.69. The molecule has 1 aliphatic carbocycles. The van der Waals surface area contributed by atoms with Gasteiger partial charge in [0.15, 0.2) is 0 Å². The Labute approximate surface area is 176 Å². The zero-order chi connectivity index (χ0) is 19.6. The highest BCUT2D eigenvalue weighted by Crippen LogP contribution is 2.43. The Morgan fingerprint density at radius 3 is 2.62 bits per heavy atom. The molecule has 4 nitrogen and oxygen atoms in total. The second-order valence-corrected chi connectivity index (χ2v) is 9.95. The van der Waals surface area contributed by atoms with Gasteiger partial charge in [-0.05, 0) is 81.9 Å². The summed E-state index contributed by atoms with van der Waals surface area (Å²) in [6.07, 6.45) is 10.8. The summed E-state index contributed by atoms with van der Waals surface area (Å²) < 4.78 is 0. The van der Waals surface area contributed by atoms with E-state index in [4.69, 9.17) is 0 Å². The summed E-state index contributed by atoms with van der Waals surface area (Å²) in [6.45, 7) is 4.94. The molecule has 1 aromatic rings. The first-order valence-corrected chi connectivity index (χ1v) is 12.1. The minimum Gasteiger partial charge on any atom is -0.353 e. The number of amides is 1. The summed E-state index contributed by atoms with van der Waals surface area (Å²) in [7, 11) is 0. The molecule has 3 saturated heterocycles. The van der Waals surface area contributed by atoms with E-state index >= 15 is 0 Å². The van der Waals surface area contributed by atoms with Crippen molar-refractivity contribution in [1.82, 2.24) is 15.1 Å². The first-order chi connectivity index (χ1) is 14.3. The Balaban J connectivity index is 1.29. The number of benzene rings is 1. The van der Waals surface area contributed by atoms with Crippen molar-refractivity contribution in [1.29, 1.82) is 0 Å². The molecule has 5 rings (SSSR count). The molecular weight excluding hydrogens is 358 g/mol. The second-order valence-electron chi connectivity index (χ2n) is 9.95. The van der Waals surface area contributed by atoms with Gasteiger partial charge in [0.2, 0.25) is 5.91 Å². The smallest absolute Gasteiger partial charge is 0.220 e. The van der Waals surface area contributed by atoms with E-state index in [1.54, 1.807) is 0 Å². The van der Waals surface area contributed by atoms with Crippen molar-refractivity contribution in [3.8, 4) is 0 Å². The molecule has 0 radical (unpaired) electrons. The fourth-order valence-corrected chi connectivity index (χ4v) is 6.48. The molecule has 158 valence electrons. The predicted octanol–water partition coefficient (Wildman–Crippen LogP) is 3.81. The SMILES string of the molecule is O=C(CCC[C@@H]1[C@H]2CCCN3CCC[C@@H](CN1Cc1ccccc1)[C@@H]23)NC1CC1. The van der Waals surface area contributed by atoms with E-state index < -0.39 is 0 Å². The van der Waals surface area contributed by atoms with Crippen LogP contribution in [0, 0.1) is 11.8 Å². The Hall–Kier alpha value is -1.39. The number of rotatable bonds is 7. The van der Waals surface area contributed by atoms with Gasteiger partial charge in [-0.1, -0.05) is 30.3 Å². The zero-order valence-corrected chi connectivity index (χ0v) is 17.8. The van der Waals surface area contributed by atoms with Gasteiger partial charge >= 0.3 is 0 Å². The van der Waals surface area contributed by atoms with E-state index in [-0.39, 0.29) is 5.91 Å². The number of carbonyl (C=O) groups excluding carboxylic acids is 1. The molecule has 3 aliphatic heterocycles. The fraction of sp³-hybridized carbons (Fsp3) is 0.720. The second kappa shape index (κ2) is 8.77. The summed E-state index contributed by atoms with van der Waals surface area (Å²) in [4.78, 5) is 17.8. The standard InChI is InChI=1S/C25H37N3O/c29-24(26-21-13-14-21)12-4-11-23-22-10-6-16-27-15-5-9-20(25(22)27)18-28(23)17-19-7-2-1-3-8-19/h1-3,7-8,20-23,25H,4-6,9-18H2,(H,26,29)/t20-,22+,23+,25-/m0/s1. The third-order valence-electron chi connectivity index (χ3n) is 7.85. The van der Waals surface area contributed by atoms with Crippen molar-refractivity contribution < 1.29 is 4.79 Å². The number of likely N-dealkylation sites (tertiary alicyclic amines) is 1. The van der Waals surface area contributed by atoms with Gasteiger partial charge in [0, 0.05) is 37.6 Å². The molecule has 0 bridgehead atoms. The summed E-state index contributed by atoms with van der Waals surface area (Å²) in [6, 6.07) is 12.9. The van der Waals surface area contributed by atoms with E-state index in [0.29, 0.717) is 18.5 Å². The van der Waals surface area contributed by atoms with E-state index in [1.165, 1.54) is 70.1 Å². The van der Waals surface area contributed by atoms with Crippen LogP contribution in [0.1, 0.15) is 63.4 Å². The number of nitrogens with one attached hydrogen (secondary N) is 1. The lowest BCUT2D eigenvalue weighted by molar-refractivity contribution is -0.121. The van der Waals surface area contributed by atoms with Gasteiger partial charge in [-0.2, -0.15) is 0 Å². The van der Waals surface area contributed by atoms with Crippen molar-refractivity contribution in [3.05, 3.63) is 35.9 Å². The molecule has 4 aliphatic rings. The Kier molecular flexibility index (Phi) is 5.92. The molecule has 0 aromatic heterocycles.